The number of carbonyl (C=O) groups is 1. The lowest BCUT2D eigenvalue weighted by atomic mass is 9.72. The first kappa shape index (κ1) is 24.2. The molecule has 2 atom stereocenters. The minimum Gasteiger partial charge on any atom is -0.493 e. The predicted molar refractivity (Wildman–Crippen MR) is 132 cm³/mol. The molecular weight excluding hydrogens is 444 g/mol. The number of hydrogen-bond acceptors (Lipinski definition) is 8. The van der Waals surface area contributed by atoms with Crippen LogP contribution >= 0.6 is 0 Å². The van der Waals surface area contributed by atoms with Gasteiger partial charge in [-0.05, 0) is 35.6 Å². The number of carbonyl (C=O) groups excluding carboxylic acids is 1. The monoisotopic (exact) mass is 474 g/mol. The van der Waals surface area contributed by atoms with Gasteiger partial charge in [0.25, 0.3) is 0 Å². The smallest absolute Gasteiger partial charge is 0.203 e. The molecule has 1 aliphatic heterocycles. The van der Waals surface area contributed by atoms with Gasteiger partial charge in [-0.15, -0.1) is 0 Å². The zero-order chi connectivity index (χ0) is 25.3. The Morgan fingerprint density at radius 2 is 1.63 bits per heavy atom. The third-order valence-corrected chi connectivity index (χ3v) is 6.63. The number of methoxy groups -OCH3 is 3. The van der Waals surface area contributed by atoms with Gasteiger partial charge in [-0.1, -0.05) is 30.3 Å². The molecule has 0 saturated heterocycles. The Bertz CT molecular complexity index is 1220. The van der Waals surface area contributed by atoms with E-state index in [9.17, 15) is 10.1 Å². The van der Waals surface area contributed by atoms with E-state index in [0.717, 1.165) is 11.3 Å². The maximum Gasteiger partial charge on any atom is 0.203 e. The summed E-state index contributed by atoms with van der Waals surface area (Å²) in [4.78, 5) is 13.8. The van der Waals surface area contributed by atoms with Gasteiger partial charge in [-0.25, -0.2) is 5.01 Å². The molecule has 2 aliphatic rings. The number of hydrazine groups is 1. The molecule has 1 aliphatic carbocycles. The molecule has 2 N–H and O–H groups in total. The van der Waals surface area contributed by atoms with Gasteiger partial charge < -0.3 is 19.9 Å². The second kappa shape index (κ2) is 9.72. The van der Waals surface area contributed by atoms with Crippen LogP contribution < -0.4 is 19.9 Å². The quantitative estimate of drug-likeness (QED) is 0.677. The number of ketones is 1. The first-order valence-corrected chi connectivity index (χ1v) is 11.3. The Balaban J connectivity index is 1.94. The highest BCUT2D eigenvalue weighted by Crippen LogP contribution is 2.50. The summed E-state index contributed by atoms with van der Waals surface area (Å²) in [5.41, 5.74) is 10.1. The van der Waals surface area contributed by atoms with Gasteiger partial charge in [0.1, 0.15) is 5.82 Å². The number of nitrogens with two attached hydrogens (primary N) is 1. The summed E-state index contributed by atoms with van der Waals surface area (Å²) in [5, 5.41) is 13.8. The molecule has 0 fully saturated rings. The molecule has 0 saturated carbocycles. The molecule has 8 nitrogen and oxygen atoms in total. The van der Waals surface area contributed by atoms with Crippen LogP contribution in [0, 0.1) is 11.3 Å². The lowest BCUT2D eigenvalue weighted by Crippen LogP contribution is -2.46. The minimum absolute atomic E-state index is 0.00838. The number of Topliss-reactive ketones (excluding diaryl/α,β-unsaturated/α-hetero) is 1. The van der Waals surface area contributed by atoms with E-state index < -0.39 is 5.92 Å². The third-order valence-electron chi connectivity index (χ3n) is 6.63. The first-order chi connectivity index (χ1) is 16.9. The summed E-state index contributed by atoms with van der Waals surface area (Å²) in [6.45, 7) is 0. The first-order valence-electron chi connectivity index (χ1n) is 11.3. The summed E-state index contributed by atoms with van der Waals surface area (Å²) >= 11 is 0. The van der Waals surface area contributed by atoms with E-state index in [1.165, 1.54) is 21.3 Å². The number of rotatable bonds is 6. The highest BCUT2D eigenvalue weighted by Gasteiger charge is 2.43. The standard InChI is InChI=1S/C27H30N4O4/c1-30(2)31-20-11-17(16-9-7-6-8-10-16)12-21(32)25(20)24(19(15-28)27(31)29)18-13-22(33-3)26(35-5)23(14-18)34-4/h6-10,13-14,17,24H,11-12,29H2,1-5H3/t17-,24-/m1/s1. The Labute approximate surface area is 205 Å². The van der Waals surface area contributed by atoms with Crippen LogP contribution in [0.1, 0.15) is 35.8 Å². The van der Waals surface area contributed by atoms with E-state index in [2.05, 4.69) is 6.07 Å². The largest absolute Gasteiger partial charge is 0.493 e. The van der Waals surface area contributed by atoms with Gasteiger partial charge >= 0.3 is 0 Å². The molecule has 8 heteroatoms. The number of hydrogen-bond donors (Lipinski definition) is 1. The minimum atomic E-state index is -0.649. The third kappa shape index (κ3) is 4.08. The fraction of sp³-hybridized carbons (Fsp3) is 0.333. The van der Waals surface area contributed by atoms with Gasteiger partial charge in [0.2, 0.25) is 5.75 Å². The van der Waals surface area contributed by atoms with E-state index in [1.807, 2.05) is 49.4 Å². The topological polar surface area (TPSA) is 101 Å². The van der Waals surface area contributed by atoms with Crippen LogP contribution in [0.2, 0.25) is 0 Å². The lowest BCUT2D eigenvalue weighted by Gasteiger charge is -2.44. The summed E-state index contributed by atoms with van der Waals surface area (Å²) < 4.78 is 16.6. The van der Waals surface area contributed by atoms with Gasteiger partial charge in [0.05, 0.1) is 38.9 Å². The summed E-state index contributed by atoms with van der Waals surface area (Å²) in [6, 6.07) is 15.9. The maximum atomic E-state index is 13.8. The molecule has 1 heterocycles. The van der Waals surface area contributed by atoms with Crippen molar-refractivity contribution in [2.75, 3.05) is 35.4 Å². The van der Waals surface area contributed by atoms with Gasteiger partial charge in [-0.2, -0.15) is 5.26 Å². The van der Waals surface area contributed by atoms with Crippen molar-refractivity contribution in [1.29, 1.82) is 5.26 Å². The number of nitriles is 1. The SMILES string of the molecule is COc1cc([C@@H]2C(C#N)=C(N)N(N(C)C)C3=C2C(=O)C[C@H](c2ccccc2)C3)cc(OC)c1OC. The molecule has 2 aromatic rings. The maximum absolute atomic E-state index is 13.8. The second-order valence-corrected chi connectivity index (χ2v) is 8.76. The van der Waals surface area contributed by atoms with Crippen LogP contribution in [0.25, 0.3) is 0 Å². The lowest BCUT2D eigenvalue weighted by molar-refractivity contribution is -0.117. The average Bonchev–Trinajstić information content (AvgIpc) is 2.87. The van der Waals surface area contributed by atoms with Crippen molar-refractivity contribution in [3.05, 3.63) is 76.3 Å². The second-order valence-electron chi connectivity index (χ2n) is 8.76. The van der Waals surface area contributed by atoms with Crippen LogP contribution in [0.3, 0.4) is 0 Å². The van der Waals surface area contributed by atoms with E-state index in [-0.39, 0.29) is 11.7 Å². The van der Waals surface area contributed by atoms with Crippen molar-refractivity contribution in [3.8, 4) is 23.3 Å². The van der Waals surface area contributed by atoms with Gasteiger partial charge in [-0.3, -0.25) is 9.80 Å². The number of benzene rings is 2. The van der Waals surface area contributed by atoms with E-state index in [4.69, 9.17) is 19.9 Å². The number of allylic oxidation sites excluding steroid dienone is 3. The summed E-state index contributed by atoms with van der Waals surface area (Å²) in [5.74, 6) is 0.988. The van der Waals surface area contributed by atoms with Crippen LogP contribution in [0.15, 0.2) is 65.1 Å². The van der Waals surface area contributed by atoms with E-state index in [1.54, 1.807) is 17.1 Å². The Kier molecular flexibility index (Phi) is 6.72. The van der Waals surface area contributed by atoms with Crippen molar-refractivity contribution >= 4 is 5.78 Å². The fourth-order valence-electron chi connectivity index (χ4n) is 5.13. The number of ether oxygens (including phenoxy) is 3. The fourth-order valence-corrected chi connectivity index (χ4v) is 5.13. The number of nitrogens with zero attached hydrogens (tertiary/aromatic N) is 3. The molecule has 0 bridgehead atoms. The Morgan fingerprint density at radius 3 is 2.14 bits per heavy atom. The Morgan fingerprint density at radius 1 is 1.00 bits per heavy atom. The Hall–Kier alpha value is -3.96. The molecule has 2 aromatic carbocycles. The van der Waals surface area contributed by atoms with Crippen molar-refractivity contribution in [3.63, 3.8) is 0 Å². The van der Waals surface area contributed by atoms with Gasteiger partial charge in [0.15, 0.2) is 17.3 Å². The van der Waals surface area contributed by atoms with E-state index >= 15 is 0 Å². The van der Waals surface area contributed by atoms with E-state index in [0.29, 0.717) is 52.6 Å². The summed E-state index contributed by atoms with van der Waals surface area (Å²) in [6.07, 6.45) is 0.966. The molecule has 182 valence electrons. The van der Waals surface area contributed by atoms with Crippen LogP contribution in [0.4, 0.5) is 0 Å². The average molecular weight is 475 g/mol. The molecule has 0 aromatic heterocycles. The predicted octanol–water partition coefficient (Wildman–Crippen LogP) is 3.68. The molecule has 0 amide bonds. The van der Waals surface area contributed by atoms with Crippen LogP contribution in [-0.2, 0) is 4.79 Å². The molecular formula is C27H30N4O4. The van der Waals surface area contributed by atoms with Crippen LogP contribution in [-0.4, -0.2) is 51.2 Å². The van der Waals surface area contributed by atoms with Crippen molar-refractivity contribution < 1.29 is 19.0 Å². The normalized spacial score (nSPS) is 20.0. The zero-order valence-corrected chi connectivity index (χ0v) is 20.7. The highest BCUT2D eigenvalue weighted by atomic mass is 16.5. The summed E-state index contributed by atoms with van der Waals surface area (Å²) in [7, 11) is 8.30. The van der Waals surface area contributed by atoms with Crippen LogP contribution in [0.5, 0.6) is 17.2 Å². The van der Waals surface area contributed by atoms with Crippen molar-refractivity contribution in [2.24, 2.45) is 5.73 Å². The molecule has 4 rings (SSSR count). The molecule has 0 unspecified atom stereocenters. The van der Waals surface area contributed by atoms with Crippen molar-refractivity contribution in [1.82, 2.24) is 10.0 Å². The molecule has 0 spiro atoms. The van der Waals surface area contributed by atoms with Crippen molar-refractivity contribution in [2.45, 2.75) is 24.7 Å². The molecule has 35 heavy (non-hydrogen) atoms. The zero-order valence-electron chi connectivity index (χ0n) is 20.7. The highest BCUT2D eigenvalue weighted by molar-refractivity contribution is 6.00. The van der Waals surface area contributed by atoms with Gasteiger partial charge in [0, 0.05) is 31.8 Å². The molecule has 0 radical (unpaired) electrons.